The van der Waals surface area contributed by atoms with E-state index >= 15 is 8.78 Å². The molecule has 1 fully saturated rings. The van der Waals surface area contributed by atoms with E-state index in [0.717, 1.165) is 11.0 Å². The van der Waals surface area contributed by atoms with Gasteiger partial charge in [-0.05, 0) is 48.5 Å². The first-order valence-corrected chi connectivity index (χ1v) is 17.3. The first-order chi connectivity index (χ1) is 26.9. The Labute approximate surface area is 318 Å². The summed E-state index contributed by atoms with van der Waals surface area (Å²) in [7, 11) is 0. The number of hydrogen-bond acceptors (Lipinski definition) is 12. The number of aromatic carboxylic acids is 1. The Morgan fingerprint density at radius 1 is 0.714 bits per heavy atom. The molecule has 0 saturated carbocycles. The van der Waals surface area contributed by atoms with Crippen LogP contribution in [-0.2, 0) is 18.9 Å². The number of nitrogens with zero attached hydrogens (tertiary/aromatic N) is 2. The van der Waals surface area contributed by atoms with Crippen molar-refractivity contribution < 1.29 is 61.3 Å². The second-order valence-corrected chi connectivity index (χ2v) is 13.3. The number of ether oxygens (including phenoxy) is 4. The predicted octanol–water partition coefficient (Wildman–Crippen LogP) is 7.35. The molecular formula is C39H25F3N2O11S. The summed E-state index contributed by atoms with van der Waals surface area (Å²) in [6, 6.07) is 24.9. The van der Waals surface area contributed by atoms with Crippen molar-refractivity contribution in [2.45, 2.75) is 34.3 Å². The van der Waals surface area contributed by atoms with Gasteiger partial charge >= 0.3 is 23.9 Å². The Morgan fingerprint density at radius 2 is 1.23 bits per heavy atom. The van der Waals surface area contributed by atoms with Crippen LogP contribution in [0.5, 0.6) is 0 Å². The van der Waals surface area contributed by atoms with Gasteiger partial charge in [-0.25, -0.2) is 32.3 Å². The molecule has 0 spiro atoms. The van der Waals surface area contributed by atoms with Gasteiger partial charge in [0.25, 0.3) is 5.69 Å². The van der Waals surface area contributed by atoms with E-state index < -0.39 is 100 Å². The van der Waals surface area contributed by atoms with Gasteiger partial charge in [-0.15, -0.1) is 0 Å². The molecule has 1 saturated heterocycles. The lowest BCUT2D eigenvalue weighted by Crippen LogP contribution is -2.47. The second kappa shape index (κ2) is 15.6. The van der Waals surface area contributed by atoms with E-state index in [9.17, 15) is 38.8 Å². The fourth-order valence-electron chi connectivity index (χ4n) is 6.19. The molecule has 2 heterocycles. The summed E-state index contributed by atoms with van der Waals surface area (Å²) in [5.41, 5.74) is -2.76. The quantitative estimate of drug-likeness (QED) is 0.0490. The van der Waals surface area contributed by atoms with E-state index in [1.54, 1.807) is 30.3 Å². The van der Waals surface area contributed by atoms with Crippen molar-refractivity contribution in [3.05, 3.63) is 159 Å². The Hall–Kier alpha value is -6.72. The van der Waals surface area contributed by atoms with E-state index in [-0.39, 0.29) is 26.5 Å². The number of carbonyl (C=O) groups is 4. The second-order valence-electron chi connectivity index (χ2n) is 12.2. The molecule has 284 valence electrons. The minimum absolute atomic E-state index is 0.0228. The van der Waals surface area contributed by atoms with Crippen molar-refractivity contribution in [2.75, 3.05) is 11.5 Å². The largest absolute Gasteiger partial charge is 0.478 e. The number of carboxylic acid groups (broad SMARTS) is 1. The van der Waals surface area contributed by atoms with E-state index in [0.29, 0.717) is 23.9 Å². The SMILES string of the molecule is O=C(O)c1cc2c(c([N+](=O)[O-])c1)N([C@@H]1O[C@H](COC(=O)c3ccccc3)[C@@H](OC(=O)c3ccccc3)[C@H]1OC(=O)c1ccccc1)c1c(cc(F)c(F)c1F)S2. The van der Waals surface area contributed by atoms with Gasteiger partial charge in [-0.2, -0.15) is 0 Å². The molecule has 5 aromatic carbocycles. The zero-order chi connectivity index (χ0) is 39.7. The van der Waals surface area contributed by atoms with Crippen molar-refractivity contribution in [3.8, 4) is 0 Å². The molecule has 13 nitrogen and oxygen atoms in total. The van der Waals surface area contributed by atoms with E-state index in [1.165, 1.54) is 60.7 Å². The molecule has 7 rings (SSSR count). The number of esters is 3. The number of fused-ring (bicyclic) bond motifs is 2. The monoisotopic (exact) mass is 786 g/mol. The van der Waals surface area contributed by atoms with Crippen molar-refractivity contribution in [1.29, 1.82) is 0 Å². The molecule has 5 aromatic rings. The number of carboxylic acids is 1. The lowest BCUT2D eigenvalue weighted by molar-refractivity contribution is -0.384. The Kier molecular flexibility index (Phi) is 10.4. The third kappa shape index (κ3) is 7.24. The van der Waals surface area contributed by atoms with E-state index in [4.69, 9.17) is 18.9 Å². The van der Waals surface area contributed by atoms with Gasteiger partial charge in [-0.3, -0.25) is 10.1 Å². The third-order valence-corrected chi connectivity index (χ3v) is 9.80. The summed E-state index contributed by atoms with van der Waals surface area (Å²) in [4.78, 5) is 64.3. The van der Waals surface area contributed by atoms with Crippen LogP contribution in [-0.4, -0.2) is 65.1 Å². The first-order valence-electron chi connectivity index (χ1n) is 16.5. The number of anilines is 2. The van der Waals surface area contributed by atoms with Gasteiger partial charge in [0.1, 0.15) is 18.4 Å². The van der Waals surface area contributed by atoms with Crippen molar-refractivity contribution in [2.24, 2.45) is 0 Å². The Bertz CT molecular complexity index is 2370. The van der Waals surface area contributed by atoms with Gasteiger partial charge in [-0.1, -0.05) is 66.4 Å². The maximum Gasteiger partial charge on any atom is 0.338 e. The number of hydrogen-bond donors (Lipinski definition) is 1. The van der Waals surface area contributed by atoms with Crippen LogP contribution in [0.25, 0.3) is 0 Å². The molecule has 56 heavy (non-hydrogen) atoms. The fraction of sp³-hybridized carbons (Fsp3) is 0.128. The average Bonchev–Trinajstić information content (AvgIpc) is 3.53. The van der Waals surface area contributed by atoms with E-state index in [2.05, 4.69) is 0 Å². The van der Waals surface area contributed by atoms with Crippen molar-refractivity contribution >= 4 is 52.7 Å². The highest BCUT2D eigenvalue weighted by Crippen LogP contribution is 2.56. The minimum Gasteiger partial charge on any atom is -0.478 e. The number of nitro groups is 1. The minimum atomic E-state index is -1.98. The van der Waals surface area contributed by atoms with Gasteiger partial charge in [0.2, 0.25) is 0 Å². The summed E-state index contributed by atoms with van der Waals surface area (Å²) in [6.45, 7) is -0.709. The topological polar surface area (TPSA) is 172 Å². The fourth-order valence-corrected chi connectivity index (χ4v) is 7.36. The highest BCUT2D eigenvalue weighted by atomic mass is 32.2. The van der Waals surface area contributed by atoms with E-state index in [1.807, 2.05) is 0 Å². The summed E-state index contributed by atoms with van der Waals surface area (Å²) in [5.74, 6) is -9.89. The van der Waals surface area contributed by atoms with Gasteiger partial charge in [0.15, 0.2) is 35.9 Å². The predicted molar refractivity (Wildman–Crippen MR) is 189 cm³/mol. The Balaban J connectivity index is 1.42. The first kappa shape index (κ1) is 37.6. The third-order valence-electron chi connectivity index (χ3n) is 8.74. The van der Waals surface area contributed by atoms with Crippen LogP contribution >= 0.6 is 11.8 Å². The highest BCUT2D eigenvalue weighted by molar-refractivity contribution is 7.99. The van der Waals surface area contributed by atoms with Gasteiger partial charge < -0.3 is 29.0 Å². The van der Waals surface area contributed by atoms with Crippen LogP contribution < -0.4 is 4.90 Å². The van der Waals surface area contributed by atoms with Gasteiger partial charge in [0.05, 0.1) is 32.9 Å². The molecule has 0 aromatic heterocycles. The molecule has 17 heteroatoms. The van der Waals surface area contributed by atoms with Crippen LogP contribution in [0, 0.1) is 27.6 Å². The lowest BCUT2D eigenvalue weighted by atomic mass is 10.1. The highest BCUT2D eigenvalue weighted by Gasteiger charge is 2.55. The van der Waals surface area contributed by atoms with Crippen molar-refractivity contribution in [1.82, 2.24) is 0 Å². The molecule has 0 radical (unpaired) electrons. The number of benzene rings is 5. The molecule has 4 atom stereocenters. The summed E-state index contributed by atoms with van der Waals surface area (Å²) < 4.78 is 69.7. The summed E-state index contributed by atoms with van der Waals surface area (Å²) >= 11 is 0.504. The van der Waals surface area contributed by atoms with Crippen LogP contribution in [0.3, 0.4) is 0 Å². The van der Waals surface area contributed by atoms with Crippen LogP contribution in [0.1, 0.15) is 41.4 Å². The molecule has 0 amide bonds. The molecule has 2 aliphatic rings. The smallest absolute Gasteiger partial charge is 0.338 e. The zero-order valence-corrected chi connectivity index (χ0v) is 29.2. The summed E-state index contributed by atoms with van der Waals surface area (Å²) in [6.07, 6.45) is -7.16. The number of halogens is 3. The van der Waals surface area contributed by atoms with Crippen molar-refractivity contribution in [3.63, 3.8) is 0 Å². The average molecular weight is 787 g/mol. The lowest BCUT2D eigenvalue weighted by Gasteiger charge is -2.38. The normalized spacial score (nSPS) is 18.3. The van der Waals surface area contributed by atoms with Crippen LogP contribution in [0.2, 0.25) is 0 Å². The number of carbonyl (C=O) groups excluding carboxylic acids is 3. The molecule has 2 aliphatic heterocycles. The molecule has 1 N–H and O–H groups in total. The Morgan fingerprint density at radius 3 is 1.77 bits per heavy atom. The van der Waals surface area contributed by atoms with Gasteiger partial charge in [0, 0.05) is 15.9 Å². The van der Waals surface area contributed by atoms with Crippen LogP contribution in [0.15, 0.2) is 119 Å². The molecule has 0 aliphatic carbocycles. The molecule has 0 unspecified atom stereocenters. The summed E-state index contributed by atoms with van der Waals surface area (Å²) in [5, 5.41) is 22.4. The number of rotatable bonds is 10. The maximum atomic E-state index is 16.2. The molecule has 0 bridgehead atoms. The maximum absolute atomic E-state index is 16.2. The zero-order valence-electron chi connectivity index (χ0n) is 28.4. The standard InChI is InChI=1S/C39H25F3N2O11S/c40-24-18-28-32(30(42)29(24)41)43(31-25(44(50)51)16-23(36(45)46)17-27(31)56-28)35-34(55-39(49)22-14-8-3-9-15-22)33(54-38(48)21-12-6-2-7-13-21)26(53-35)19-52-37(47)20-10-4-1-5-11-20/h1-18,26,33-35H,19H2,(H,45,46)/t26-,33-,34-,35-/m1/s1. The number of nitro benzene ring substituents is 1. The molecular weight excluding hydrogens is 761 g/mol. The van der Waals surface area contributed by atoms with Crippen LogP contribution in [0.4, 0.5) is 30.2 Å².